The summed E-state index contributed by atoms with van der Waals surface area (Å²) in [5.74, 6) is 1.69. The predicted molar refractivity (Wildman–Crippen MR) is 103 cm³/mol. The summed E-state index contributed by atoms with van der Waals surface area (Å²) in [5.41, 5.74) is 2.86. The van der Waals surface area contributed by atoms with E-state index in [1.807, 2.05) is 72.3 Å². The van der Waals surface area contributed by atoms with Gasteiger partial charge in [0.15, 0.2) is 0 Å². The number of imidazole rings is 1. The lowest BCUT2D eigenvalue weighted by molar-refractivity contribution is 0.415. The number of nitrogens with one attached hydrogen (secondary N) is 1. The van der Waals surface area contributed by atoms with Crippen molar-refractivity contribution in [3.63, 3.8) is 0 Å². The largest absolute Gasteiger partial charge is 0.497 e. The lowest BCUT2D eigenvalue weighted by atomic mass is 10.1. The second kappa shape index (κ2) is 7.97. The maximum absolute atomic E-state index is 5.23. The first-order valence-corrected chi connectivity index (χ1v) is 7.99. The number of aliphatic imine (C=N–C) groups is 1. The Hall–Kier alpha value is -3.34. The van der Waals surface area contributed by atoms with Crippen molar-refractivity contribution in [3.05, 3.63) is 67.1 Å². The summed E-state index contributed by atoms with van der Waals surface area (Å²) in [7, 11) is 1.66. The zero-order chi connectivity index (χ0) is 17.5. The number of methoxy groups -OCH3 is 1. The highest BCUT2D eigenvalue weighted by Gasteiger charge is 2.12. The minimum Gasteiger partial charge on any atom is -0.497 e. The van der Waals surface area contributed by atoms with E-state index in [9.17, 15) is 0 Å². The molecule has 2 aromatic carbocycles. The van der Waals surface area contributed by atoms with Gasteiger partial charge in [-0.1, -0.05) is 18.2 Å². The summed E-state index contributed by atoms with van der Waals surface area (Å²) in [6, 6.07) is 17.9. The van der Waals surface area contributed by atoms with Crippen LogP contribution in [0, 0.1) is 0 Å². The fourth-order valence-electron chi connectivity index (χ4n) is 2.41. The van der Waals surface area contributed by atoms with Gasteiger partial charge in [-0.2, -0.15) is 0 Å². The number of aromatic nitrogens is 2. The molecule has 5 nitrogen and oxygen atoms in total. The monoisotopic (exact) mass is 332 g/mol. The Kier molecular flexibility index (Phi) is 5.26. The predicted octanol–water partition coefficient (Wildman–Crippen LogP) is 4.82. The smallest absolute Gasteiger partial charge is 0.142 e. The maximum atomic E-state index is 5.23. The molecule has 3 rings (SSSR count). The number of nitrogens with zero attached hydrogens (tertiary/aromatic N) is 3. The highest BCUT2D eigenvalue weighted by Crippen LogP contribution is 2.30. The van der Waals surface area contributed by atoms with Crippen molar-refractivity contribution < 1.29 is 4.74 Å². The fraction of sp³-hybridized carbons (Fsp3) is 0.100. The average molecular weight is 332 g/mol. The van der Waals surface area contributed by atoms with E-state index < -0.39 is 0 Å². The highest BCUT2D eigenvalue weighted by molar-refractivity contribution is 5.77. The Labute approximate surface area is 147 Å². The van der Waals surface area contributed by atoms with Crippen LogP contribution in [0.3, 0.4) is 0 Å². The molecule has 3 aromatic rings. The molecule has 1 N–H and O–H groups in total. The van der Waals surface area contributed by atoms with E-state index in [1.165, 1.54) is 0 Å². The van der Waals surface area contributed by atoms with Crippen molar-refractivity contribution in [2.24, 2.45) is 4.99 Å². The first-order chi connectivity index (χ1) is 12.3. The van der Waals surface area contributed by atoms with Crippen LogP contribution in [0.15, 0.2) is 72.1 Å². The normalized spacial score (nSPS) is 11.3. The van der Waals surface area contributed by atoms with Crippen LogP contribution < -0.4 is 10.1 Å². The van der Waals surface area contributed by atoms with Crippen LogP contribution in [0.4, 0.5) is 11.5 Å². The van der Waals surface area contributed by atoms with Crippen LogP contribution in [0.25, 0.3) is 17.5 Å². The SMILES string of the molecule is CC=N/C=C\n1cnc(-c2ccc(OC)cc2)c1Nc1ccccc1. The van der Waals surface area contributed by atoms with Gasteiger partial charge in [0.2, 0.25) is 0 Å². The van der Waals surface area contributed by atoms with Crippen LogP contribution in [-0.4, -0.2) is 22.9 Å². The Balaban J connectivity index is 2.01. The highest BCUT2D eigenvalue weighted by atomic mass is 16.5. The molecule has 25 heavy (non-hydrogen) atoms. The molecule has 0 fully saturated rings. The molecule has 0 amide bonds. The van der Waals surface area contributed by atoms with Gasteiger partial charge in [0, 0.05) is 29.9 Å². The number of hydrogen-bond donors (Lipinski definition) is 1. The van der Waals surface area contributed by atoms with Gasteiger partial charge in [-0.25, -0.2) is 4.98 Å². The number of benzene rings is 2. The van der Waals surface area contributed by atoms with E-state index in [4.69, 9.17) is 4.74 Å². The van der Waals surface area contributed by atoms with Crippen LogP contribution in [0.2, 0.25) is 0 Å². The van der Waals surface area contributed by atoms with E-state index in [2.05, 4.69) is 15.3 Å². The lowest BCUT2D eigenvalue weighted by Gasteiger charge is -2.10. The first-order valence-electron chi connectivity index (χ1n) is 7.99. The van der Waals surface area contributed by atoms with Gasteiger partial charge in [0.25, 0.3) is 0 Å². The minimum atomic E-state index is 0.818. The molecule has 1 aromatic heterocycles. The summed E-state index contributed by atoms with van der Waals surface area (Å²) in [4.78, 5) is 8.69. The third kappa shape index (κ3) is 3.95. The molecule has 5 heteroatoms. The van der Waals surface area contributed by atoms with E-state index in [-0.39, 0.29) is 0 Å². The Bertz CT molecular complexity index is 864. The molecule has 0 spiro atoms. The van der Waals surface area contributed by atoms with Crippen LogP contribution >= 0.6 is 0 Å². The number of para-hydroxylation sites is 1. The van der Waals surface area contributed by atoms with Gasteiger partial charge in [-0.15, -0.1) is 0 Å². The zero-order valence-electron chi connectivity index (χ0n) is 14.3. The van der Waals surface area contributed by atoms with Crippen molar-refractivity contribution in [1.29, 1.82) is 0 Å². The van der Waals surface area contributed by atoms with E-state index in [1.54, 1.807) is 25.9 Å². The van der Waals surface area contributed by atoms with E-state index in [0.717, 1.165) is 28.5 Å². The van der Waals surface area contributed by atoms with Crippen molar-refractivity contribution in [2.45, 2.75) is 6.92 Å². The van der Waals surface area contributed by atoms with Crippen molar-refractivity contribution >= 4 is 23.9 Å². The first kappa shape index (κ1) is 16.5. The number of rotatable bonds is 6. The fourth-order valence-corrected chi connectivity index (χ4v) is 2.41. The quantitative estimate of drug-likeness (QED) is 0.658. The molecule has 0 saturated heterocycles. The summed E-state index contributed by atoms with van der Waals surface area (Å²) < 4.78 is 7.15. The second-order valence-electron chi connectivity index (χ2n) is 5.27. The van der Waals surface area contributed by atoms with Crippen molar-refractivity contribution in [3.8, 4) is 17.0 Å². The van der Waals surface area contributed by atoms with Crippen molar-refractivity contribution in [1.82, 2.24) is 9.55 Å². The molecule has 0 aliphatic rings. The molecule has 0 atom stereocenters. The van der Waals surface area contributed by atoms with E-state index >= 15 is 0 Å². The summed E-state index contributed by atoms with van der Waals surface area (Å²) in [5, 5.41) is 3.44. The minimum absolute atomic E-state index is 0.818. The lowest BCUT2D eigenvalue weighted by Crippen LogP contribution is -1.98. The van der Waals surface area contributed by atoms with Gasteiger partial charge in [-0.05, 0) is 43.3 Å². The molecule has 0 bridgehead atoms. The second-order valence-corrected chi connectivity index (χ2v) is 5.27. The molecule has 1 heterocycles. The molecule has 0 radical (unpaired) electrons. The third-order valence-electron chi connectivity index (χ3n) is 3.66. The zero-order valence-corrected chi connectivity index (χ0v) is 14.3. The maximum Gasteiger partial charge on any atom is 0.142 e. The van der Waals surface area contributed by atoms with Gasteiger partial charge in [0.1, 0.15) is 23.6 Å². The van der Waals surface area contributed by atoms with Crippen LogP contribution in [-0.2, 0) is 0 Å². The Morgan fingerprint density at radius 3 is 2.52 bits per heavy atom. The molecule has 0 aliphatic carbocycles. The Morgan fingerprint density at radius 2 is 1.84 bits per heavy atom. The van der Waals surface area contributed by atoms with Crippen LogP contribution in [0.1, 0.15) is 6.92 Å². The molecule has 0 aliphatic heterocycles. The summed E-state index contributed by atoms with van der Waals surface area (Å²) in [6.07, 6.45) is 7.11. The third-order valence-corrected chi connectivity index (χ3v) is 3.66. The molecular formula is C20H20N4O. The molecule has 126 valence electrons. The number of hydrogen-bond acceptors (Lipinski definition) is 4. The number of ether oxygens (including phenoxy) is 1. The van der Waals surface area contributed by atoms with Crippen LogP contribution in [0.5, 0.6) is 5.75 Å². The van der Waals surface area contributed by atoms with E-state index in [0.29, 0.717) is 0 Å². The van der Waals surface area contributed by atoms with Gasteiger partial charge in [0.05, 0.1) is 7.11 Å². The summed E-state index contributed by atoms with van der Waals surface area (Å²) in [6.45, 7) is 1.88. The van der Waals surface area contributed by atoms with Gasteiger partial charge < -0.3 is 10.1 Å². The Morgan fingerprint density at radius 1 is 1.08 bits per heavy atom. The number of anilines is 2. The van der Waals surface area contributed by atoms with Crippen molar-refractivity contribution in [2.75, 3.05) is 12.4 Å². The van der Waals surface area contributed by atoms with Gasteiger partial charge in [-0.3, -0.25) is 9.56 Å². The summed E-state index contributed by atoms with van der Waals surface area (Å²) >= 11 is 0. The molecule has 0 unspecified atom stereocenters. The average Bonchev–Trinajstić information content (AvgIpc) is 3.05. The standard InChI is InChI=1S/C20H20N4O/c1-3-21-13-14-24-15-22-19(16-9-11-18(25-2)12-10-16)20(24)23-17-7-5-4-6-8-17/h3-15,23H,1-2H3/b14-13-,21-3?. The topological polar surface area (TPSA) is 51.4 Å². The molecular weight excluding hydrogens is 312 g/mol. The van der Waals surface area contributed by atoms with Gasteiger partial charge >= 0.3 is 0 Å². The molecule has 0 saturated carbocycles.